The maximum atomic E-state index is 5.80. The third-order valence-corrected chi connectivity index (χ3v) is 3.37. The van der Waals surface area contributed by atoms with Crippen molar-refractivity contribution in [1.82, 2.24) is 4.98 Å². The molecule has 0 unspecified atom stereocenters. The van der Waals surface area contributed by atoms with Crippen molar-refractivity contribution in [2.75, 3.05) is 0 Å². The van der Waals surface area contributed by atoms with E-state index in [9.17, 15) is 0 Å². The largest absolute Gasteiger partial charge is 0.489 e. The number of nitrogens with two attached hydrogens (primary N) is 1. The molecule has 0 atom stereocenters. The lowest BCUT2D eigenvalue weighted by Gasteiger charge is -2.06. The van der Waals surface area contributed by atoms with Gasteiger partial charge < -0.3 is 14.9 Å². The van der Waals surface area contributed by atoms with E-state index in [4.69, 9.17) is 14.9 Å². The van der Waals surface area contributed by atoms with E-state index in [-0.39, 0.29) is 0 Å². The average molecular weight is 282 g/mol. The van der Waals surface area contributed by atoms with Crippen LogP contribution >= 0.6 is 0 Å². The van der Waals surface area contributed by atoms with E-state index in [1.165, 1.54) is 0 Å². The lowest BCUT2D eigenvalue weighted by molar-refractivity contribution is 0.306. The standard InChI is InChI=1S/C17H18N2O2/c1-2-17-19-15-8-7-14(9-16(15)21-17)20-11-13-5-3-12(10-18)4-6-13/h3-9H,2,10-11,18H2,1H3. The second kappa shape index (κ2) is 5.97. The van der Waals surface area contributed by atoms with Gasteiger partial charge in [-0.25, -0.2) is 4.98 Å². The van der Waals surface area contributed by atoms with Crippen molar-refractivity contribution in [1.29, 1.82) is 0 Å². The SMILES string of the molecule is CCc1nc2ccc(OCc3ccc(CN)cc3)cc2o1. The third kappa shape index (κ3) is 3.06. The van der Waals surface area contributed by atoms with Crippen LogP contribution in [0.4, 0.5) is 0 Å². The number of aromatic nitrogens is 1. The minimum atomic E-state index is 0.519. The summed E-state index contributed by atoms with van der Waals surface area (Å²) in [5, 5.41) is 0. The summed E-state index contributed by atoms with van der Waals surface area (Å²) in [5.74, 6) is 1.53. The zero-order valence-corrected chi connectivity index (χ0v) is 12.0. The molecule has 0 spiro atoms. The molecule has 0 radical (unpaired) electrons. The number of rotatable bonds is 5. The van der Waals surface area contributed by atoms with Crippen LogP contribution in [0.3, 0.4) is 0 Å². The number of nitrogens with zero attached hydrogens (tertiary/aromatic N) is 1. The fourth-order valence-electron chi connectivity index (χ4n) is 2.13. The van der Waals surface area contributed by atoms with E-state index >= 15 is 0 Å². The number of hydrogen-bond donors (Lipinski definition) is 1. The Morgan fingerprint density at radius 3 is 2.57 bits per heavy atom. The third-order valence-electron chi connectivity index (χ3n) is 3.37. The summed E-state index contributed by atoms with van der Waals surface area (Å²) in [6.07, 6.45) is 0.790. The predicted octanol–water partition coefficient (Wildman–Crippen LogP) is 3.43. The first kappa shape index (κ1) is 13.6. The van der Waals surface area contributed by atoms with Gasteiger partial charge in [0.15, 0.2) is 11.5 Å². The van der Waals surface area contributed by atoms with Crippen LogP contribution < -0.4 is 10.5 Å². The number of hydrogen-bond acceptors (Lipinski definition) is 4. The molecule has 0 aliphatic heterocycles. The highest BCUT2D eigenvalue weighted by Crippen LogP contribution is 2.22. The molecule has 2 N–H and O–H groups in total. The van der Waals surface area contributed by atoms with Crippen molar-refractivity contribution in [3.05, 3.63) is 59.5 Å². The van der Waals surface area contributed by atoms with Gasteiger partial charge in [0.1, 0.15) is 17.9 Å². The molecule has 1 aromatic heterocycles. The molecule has 2 aromatic carbocycles. The Bertz CT molecular complexity index is 732. The molecule has 0 saturated heterocycles. The van der Waals surface area contributed by atoms with Crippen molar-refractivity contribution < 1.29 is 9.15 Å². The highest BCUT2D eigenvalue weighted by Gasteiger charge is 2.05. The molecule has 3 aromatic rings. The van der Waals surface area contributed by atoms with Crippen LogP contribution in [-0.4, -0.2) is 4.98 Å². The second-order valence-electron chi connectivity index (χ2n) is 4.90. The van der Waals surface area contributed by atoms with Crippen LogP contribution in [0, 0.1) is 0 Å². The molecule has 21 heavy (non-hydrogen) atoms. The van der Waals surface area contributed by atoms with Crippen LogP contribution in [0.15, 0.2) is 46.9 Å². The smallest absolute Gasteiger partial charge is 0.195 e. The maximum Gasteiger partial charge on any atom is 0.195 e. The van der Waals surface area contributed by atoms with E-state index in [0.717, 1.165) is 40.3 Å². The summed E-state index contributed by atoms with van der Waals surface area (Å²) < 4.78 is 11.4. The van der Waals surface area contributed by atoms with Crippen LogP contribution in [0.1, 0.15) is 23.9 Å². The lowest BCUT2D eigenvalue weighted by atomic mass is 10.1. The summed E-state index contributed by atoms with van der Waals surface area (Å²) in [6.45, 7) is 3.10. The Hall–Kier alpha value is -2.33. The first-order valence-corrected chi connectivity index (χ1v) is 7.08. The summed E-state index contributed by atoms with van der Waals surface area (Å²) >= 11 is 0. The summed E-state index contributed by atoms with van der Waals surface area (Å²) in [4.78, 5) is 4.38. The number of benzene rings is 2. The molecule has 0 amide bonds. The van der Waals surface area contributed by atoms with Gasteiger partial charge in [-0.3, -0.25) is 0 Å². The molecule has 1 heterocycles. The van der Waals surface area contributed by atoms with E-state index in [1.807, 2.05) is 49.4 Å². The average Bonchev–Trinajstić information content (AvgIpc) is 2.95. The van der Waals surface area contributed by atoms with Crippen molar-refractivity contribution in [2.24, 2.45) is 5.73 Å². The maximum absolute atomic E-state index is 5.80. The molecule has 108 valence electrons. The fourth-order valence-corrected chi connectivity index (χ4v) is 2.13. The molecule has 4 nitrogen and oxygen atoms in total. The minimum absolute atomic E-state index is 0.519. The van der Waals surface area contributed by atoms with Gasteiger partial charge in [0.25, 0.3) is 0 Å². The van der Waals surface area contributed by atoms with Crippen LogP contribution in [0.5, 0.6) is 5.75 Å². The molecule has 0 saturated carbocycles. The van der Waals surface area contributed by atoms with Crippen LogP contribution in [0.2, 0.25) is 0 Å². The summed E-state index contributed by atoms with van der Waals surface area (Å²) in [5.41, 5.74) is 9.45. The molecule has 0 bridgehead atoms. The lowest BCUT2D eigenvalue weighted by Crippen LogP contribution is -1.98. The number of oxazole rings is 1. The van der Waals surface area contributed by atoms with Crippen LogP contribution in [-0.2, 0) is 19.6 Å². The Morgan fingerprint density at radius 2 is 1.86 bits per heavy atom. The van der Waals surface area contributed by atoms with Gasteiger partial charge in [0, 0.05) is 19.0 Å². The van der Waals surface area contributed by atoms with Gasteiger partial charge >= 0.3 is 0 Å². The highest BCUT2D eigenvalue weighted by atomic mass is 16.5. The number of aryl methyl sites for hydroxylation is 1. The fraction of sp³-hybridized carbons (Fsp3) is 0.235. The number of ether oxygens (including phenoxy) is 1. The number of fused-ring (bicyclic) bond motifs is 1. The van der Waals surface area contributed by atoms with Crippen molar-refractivity contribution >= 4 is 11.1 Å². The van der Waals surface area contributed by atoms with Gasteiger partial charge in [0.2, 0.25) is 0 Å². The van der Waals surface area contributed by atoms with Crippen LogP contribution in [0.25, 0.3) is 11.1 Å². The first-order valence-electron chi connectivity index (χ1n) is 7.08. The molecular weight excluding hydrogens is 264 g/mol. The Kier molecular flexibility index (Phi) is 3.88. The quantitative estimate of drug-likeness (QED) is 0.778. The van der Waals surface area contributed by atoms with Gasteiger partial charge in [-0.15, -0.1) is 0 Å². The van der Waals surface area contributed by atoms with E-state index in [2.05, 4.69) is 4.98 Å². The van der Waals surface area contributed by atoms with E-state index < -0.39 is 0 Å². The molecule has 4 heteroatoms. The molecule has 3 rings (SSSR count). The Balaban J connectivity index is 1.71. The van der Waals surface area contributed by atoms with E-state index in [1.54, 1.807) is 0 Å². The van der Waals surface area contributed by atoms with Crippen molar-refractivity contribution in [3.63, 3.8) is 0 Å². The topological polar surface area (TPSA) is 61.3 Å². The monoisotopic (exact) mass is 282 g/mol. The Morgan fingerprint density at radius 1 is 1.10 bits per heavy atom. The highest BCUT2D eigenvalue weighted by molar-refractivity contribution is 5.74. The predicted molar refractivity (Wildman–Crippen MR) is 82.1 cm³/mol. The van der Waals surface area contributed by atoms with Gasteiger partial charge in [0.05, 0.1) is 0 Å². The van der Waals surface area contributed by atoms with Crippen molar-refractivity contribution in [3.8, 4) is 5.75 Å². The first-order chi connectivity index (χ1) is 10.3. The Labute approximate surface area is 123 Å². The molecule has 0 fully saturated rings. The molecule has 0 aliphatic carbocycles. The van der Waals surface area contributed by atoms with Crippen molar-refractivity contribution in [2.45, 2.75) is 26.5 Å². The molecule has 0 aliphatic rings. The zero-order chi connectivity index (χ0) is 14.7. The van der Waals surface area contributed by atoms with Gasteiger partial charge in [-0.1, -0.05) is 31.2 Å². The molecular formula is C17H18N2O2. The van der Waals surface area contributed by atoms with Gasteiger partial charge in [-0.05, 0) is 23.3 Å². The normalized spacial score (nSPS) is 11.0. The summed E-state index contributed by atoms with van der Waals surface area (Å²) in [6, 6.07) is 13.8. The van der Waals surface area contributed by atoms with E-state index in [0.29, 0.717) is 13.2 Å². The minimum Gasteiger partial charge on any atom is -0.489 e. The van der Waals surface area contributed by atoms with Gasteiger partial charge in [-0.2, -0.15) is 0 Å². The zero-order valence-electron chi connectivity index (χ0n) is 12.0. The summed E-state index contributed by atoms with van der Waals surface area (Å²) in [7, 11) is 0. The second-order valence-corrected chi connectivity index (χ2v) is 4.90.